The molecule has 1 aliphatic carbocycles. The molecule has 10 nitrogen and oxygen atoms in total. The van der Waals surface area contributed by atoms with Crippen molar-refractivity contribution in [3.8, 4) is 23.0 Å². The molecule has 2 heterocycles. The Hall–Kier alpha value is -5.06. The Morgan fingerprint density at radius 2 is 1.24 bits per heavy atom. The summed E-state index contributed by atoms with van der Waals surface area (Å²) in [6.45, 7) is 5.90. The molecule has 0 saturated carbocycles. The third kappa shape index (κ3) is 12.8. The number of carbonyl (C=O) groups is 2. The van der Waals surface area contributed by atoms with Gasteiger partial charge in [0.2, 0.25) is 0 Å². The molecule has 4 aromatic rings. The number of carbonyl (C=O) groups excluding carboxylic acids is 2. The molecule has 258 valence electrons. The van der Waals surface area contributed by atoms with E-state index in [1.807, 2.05) is 48.5 Å². The van der Waals surface area contributed by atoms with Crippen LogP contribution in [0, 0.1) is 0 Å². The molecule has 0 spiro atoms. The van der Waals surface area contributed by atoms with Crippen molar-refractivity contribution in [2.75, 3.05) is 13.1 Å². The number of hydrogen-bond donors (Lipinski definition) is 4. The fraction of sp³-hybridized carbons (Fsp3) is 0.333. The molecule has 0 fully saturated rings. The number of nitrogens with zero attached hydrogens (tertiary/aromatic N) is 2. The fourth-order valence-electron chi connectivity index (χ4n) is 5.26. The number of amides is 2. The smallest absolute Gasteiger partial charge is 0.254 e. The number of pyridine rings is 2. The summed E-state index contributed by atoms with van der Waals surface area (Å²) in [6.07, 6.45) is 18.4. The van der Waals surface area contributed by atoms with Crippen LogP contribution in [-0.2, 0) is 13.1 Å². The Kier molecular flexibility index (Phi) is 15.3. The van der Waals surface area contributed by atoms with Crippen molar-refractivity contribution < 1.29 is 19.1 Å². The molecule has 2 aromatic heterocycles. The highest BCUT2D eigenvalue weighted by molar-refractivity contribution is 5.95. The Morgan fingerprint density at radius 1 is 0.714 bits per heavy atom. The Labute approximate surface area is 289 Å². The lowest BCUT2D eigenvalue weighted by Gasteiger charge is -2.13. The lowest BCUT2D eigenvalue weighted by Crippen LogP contribution is -2.15. The highest BCUT2D eigenvalue weighted by atomic mass is 16.5. The van der Waals surface area contributed by atoms with Crippen LogP contribution < -0.4 is 31.6 Å². The molecular weight excluding hydrogens is 616 g/mol. The van der Waals surface area contributed by atoms with Gasteiger partial charge in [0.15, 0.2) is 0 Å². The molecule has 49 heavy (non-hydrogen) atoms. The van der Waals surface area contributed by atoms with Crippen LogP contribution in [0.2, 0.25) is 0 Å². The number of benzene rings is 2. The van der Waals surface area contributed by atoms with Gasteiger partial charge in [-0.1, -0.05) is 55.7 Å². The monoisotopic (exact) mass is 664 g/mol. The first kappa shape index (κ1) is 36.8. The van der Waals surface area contributed by atoms with E-state index < -0.39 is 11.8 Å². The molecule has 0 unspecified atom stereocenters. The highest BCUT2D eigenvalue weighted by Crippen LogP contribution is 2.26. The maximum atomic E-state index is 11.4. The first-order chi connectivity index (χ1) is 23.9. The molecule has 10 heteroatoms. The number of hydrogen-bond acceptors (Lipinski definition) is 8. The van der Waals surface area contributed by atoms with Gasteiger partial charge in [0.1, 0.15) is 34.1 Å². The van der Waals surface area contributed by atoms with E-state index in [2.05, 4.69) is 33.6 Å². The number of ether oxygens (including phenoxy) is 2. The van der Waals surface area contributed by atoms with Crippen LogP contribution >= 0.6 is 0 Å². The number of nitrogens with two attached hydrogens (primary N) is 2. The van der Waals surface area contributed by atoms with E-state index in [4.69, 9.17) is 20.9 Å². The number of allylic oxidation sites excluding steroid dienone is 1. The first-order valence-corrected chi connectivity index (χ1v) is 17.0. The van der Waals surface area contributed by atoms with Gasteiger partial charge in [-0.15, -0.1) is 0 Å². The summed E-state index contributed by atoms with van der Waals surface area (Å²) < 4.78 is 11.5. The second-order valence-corrected chi connectivity index (χ2v) is 11.9. The molecule has 0 radical (unpaired) electrons. The molecule has 0 aliphatic heterocycles. The van der Waals surface area contributed by atoms with Gasteiger partial charge in [-0.05, 0) is 99.1 Å². The summed E-state index contributed by atoms with van der Waals surface area (Å²) >= 11 is 0. The summed E-state index contributed by atoms with van der Waals surface area (Å²) in [7, 11) is 0. The van der Waals surface area contributed by atoms with E-state index >= 15 is 0 Å². The zero-order chi connectivity index (χ0) is 34.7. The summed E-state index contributed by atoms with van der Waals surface area (Å²) in [4.78, 5) is 30.6. The first-order valence-electron chi connectivity index (χ1n) is 17.0. The van der Waals surface area contributed by atoms with Gasteiger partial charge in [0.05, 0.1) is 0 Å². The van der Waals surface area contributed by atoms with Gasteiger partial charge in [-0.2, -0.15) is 0 Å². The quantitative estimate of drug-likeness (QED) is 0.0682. The minimum absolute atomic E-state index is 0.272. The lowest BCUT2D eigenvalue weighted by atomic mass is 9.97. The Balaban J connectivity index is 0.000000223. The Bertz CT molecular complexity index is 1640. The van der Waals surface area contributed by atoms with Gasteiger partial charge < -0.3 is 31.6 Å². The molecule has 6 N–H and O–H groups in total. The van der Waals surface area contributed by atoms with Crippen LogP contribution in [0.5, 0.6) is 23.0 Å². The van der Waals surface area contributed by atoms with Crippen molar-refractivity contribution in [1.29, 1.82) is 0 Å². The van der Waals surface area contributed by atoms with Gasteiger partial charge in [-0.3, -0.25) is 19.6 Å². The summed E-state index contributed by atoms with van der Waals surface area (Å²) in [6, 6.07) is 18.9. The number of rotatable bonds is 17. The highest BCUT2D eigenvalue weighted by Gasteiger charge is 2.11. The second kappa shape index (κ2) is 20.3. The van der Waals surface area contributed by atoms with E-state index in [1.165, 1.54) is 68.5 Å². The van der Waals surface area contributed by atoms with E-state index in [9.17, 15) is 9.59 Å². The number of primary amides is 2. The fourth-order valence-corrected chi connectivity index (χ4v) is 5.26. The normalized spacial score (nSPS) is 12.3. The largest absolute Gasteiger partial charge is 0.456 e. The minimum atomic E-state index is -0.555. The van der Waals surface area contributed by atoms with Crippen LogP contribution in [0.1, 0.15) is 90.1 Å². The minimum Gasteiger partial charge on any atom is -0.456 e. The second-order valence-electron chi connectivity index (χ2n) is 11.9. The van der Waals surface area contributed by atoms with Gasteiger partial charge in [-0.25, -0.2) is 0 Å². The van der Waals surface area contributed by atoms with E-state index in [1.54, 1.807) is 30.1 Å². The van der Waals surface area contributed by atoms with Crippen LogP contribution in [0.25, 0.3) is 0 Å². The van der Waals surface area contributed by atoms with Crippen LogP contribution in [0.15, 0.2) is 97.1 Å². The average molecular weight is 665 g/mol. The summed E-state index contributed by atoms with van der Waals surface area (Å²) in [5.41, 5.74) is 15.2. The van der Waals surface area contributed by atoms with Crippen LogP contribution in [0.3, 0.4) is 0 Å². The molecule has 2 amide bonds. The molecule has 5 rings (SSSR count). The predicted octanol–water partition coefficient (Wildman–Crippen LogP) is 7.21. The van der Waals surface area contributed by atoms with Gasteiger partial charge in [0, 0.05) is 37.9 Å². The van der Waals surface area contributed by atoms with Crippen molar-refractivity contribution >= 4 is 11.8 Å². The third-order valence-electron chi connectivity index (χ3n) is 8.02. The molecule has 2 aromatic carbocycles. The SMILES string of the molecule is CCCCCNCc1ccc(Oc2ccncc2C(N)=O)cc1.NC(=O)c1cnccc1Oc1ccc(CNCCC2=CCCCC2)cc1. The zero-order valence-electron chi connectivity index (χ0n) is 28.3. The third-order valence-corrected chi connectivity index (χ3v) is 8.02. The van der Waals surface area contributed by atoms with Crippen LogP contribution in [0.4, 0.5) is 0 Å². The molecule has 0 atom stereocenters. The van der Waals surface area contributed by atoms with Crippen molar-refractivity contribution in [2.24, 2.45) is 11.5 Å². The topological polar surface area (TPSA) is 154 Å². The van der Waals surface area contributed by atoms with E-state index in [0.717, 1.165) is 32.6 Å². The molecule has 0 bridgehead atoms. The average Bonchev–Trinajstić information content (AvgIpc) is 3.12. The predicted molar refractivity (Wildman–Crippen MR) is 193 cm³/mol. The number of unbranched alkanes of at least 4 members (excludes halogenated alkanes) is 2. The number of aromatic nitrogens is 2. The standard InChI is InChI=1S/C21H25N3O2.C18H23N3O2/c22-21(25)19-15-24-13-11-20(19)26-18-8-6-17(7-9-18)14-23-12-10-16-4-2-1-3-5-16;1-2-3-4-10-20-12-14-5-7-15(8-6-14)23-17-9-11-21-13-16(17)18(19)22/h4,6-9,11,13,15,23H,1-3,5,10,12,14H2,(H2,22,25);5-9,11,13,20H,2-4,10,12H2,1H3,(H2,19,22). The zero-order valence-corrected chi connectivity index (χ0v) is 28.3. The summed E-state index contributed by atoms with van der Waals surface area (Å²) in [5, 5.41) is 6.91. The van der Waals surface area contributed by atoms with Crippen molar-refractivity contribution in [2.45, 2.75) is 71.4 Å². The van der Waals surface area contributed by atoms with Crippen molar-refractivity contribution in [1.82, 2.24) is 20.6 Å². The molecular formula is C39H48N6O4. The van der Waals surface area contributed by atoms with E-state index in [-0.39, 0.29) is 11.1 Å². The summed E-state index contributed by atoms with van der Waals surface area (Å²) in [5.74, 6) is 1.04. The Morgan fingerprint density at radius 3 is 1.71 bits per heavy atom. The van der Waals surface area contributed by atoms with Crippen LogP contribution in [-0.4, -0.2) is 34.9 Å². The van der Waals surface area contributed by atoms with Gasteiger partial charge >= 0.3 is 0 Å². The maximum Gasteiger partial charge on any atom is 0.254 e. The van der Waals surface area contributed by atoms with E-state index in [0.29, 0.717) is 23.0 Å². The van der Waals surface area contributed by atoms with Crippen molar-refractivity contribution in [3.05, 3.63) is 119 Å². The molecule has 1 aliphatic rings. The van der Waals surface area contributed by atoms with Crippen molar-refractivity contribution in [3.63, 3.8) is 0 Å². The lowest BCUT2D eigenvalue weighted by molar-refractivity contribution is 0.0989. The van der Waals surface area contributed by atoms with Gasteiger partial charge in [0.25, 0.3) is 11.8 Å². The molecule has 0 saturated heterocycles. The maximum absolute atomic E-state index is 11.4. The number of nitrogens with one attached hydrogen (secondary N) is 2.